The van der Waals surface area contributed by atoms with Gasteiger partial charge >= 0.3 is 0 Å². The second-order valence-electron chi connectivity index (χ2n) is 5.33. The standard InChI is InChI=1S/C15H23N5O.2ClH/c1-5-16-6-7-17-15(21)13-8-12-9-18-20(10(2)3)14(12)19-11(13)4;;/h8-10,16H,5-7H2,1-4H3,(H,17,21);2*1H. The average molecular weight is 362 g/mol. The summed E-state index contributed by atoms with van der Waals surface area (Å²) in [6.07, 6.45) is 1.76. The number of aryl methyl sites for hydroxylation is 1. The summed E-state index contributed by atoms with van der Waals surface area (Å²) in [6.45, 7) is 10.3. The Morgan fingerprint density at radius 1 is 1.30 bits per heavy atom. The van der Waals surface area contributed by atoms with Crippen LogP contribution in [0.4, 0.5) is 0 Å². The predicted molar refractivity (Wildman–Crippen MR) is 98.0 cm³/mol. The van der Waals surface area contributed by atoms with Crippen molar-refractivity contribution in [2.24, 2.45) is 0 Å². The number of aromatic nitrogens is 3. The van der Waals surface area contributed by atoms with E-state index in [4.69, 9.17) is 0 Å². The van der Waals surface area contributed by atoms with Crippen molar-refractivity contribution < 1.29 is 4.79 Å². The van der Waals surface area contributed by atoms with Crippen molar-refractivity contribution in [3.63, 3.8) is 0 Å². The molecule has 0 radical (unpaired) electrons. The molecule has 2 aromatic heterocycles. The van der Waals surface area contributed by atoms with Crippen molar-refractivity contribution in [3.05, 3.63) is 23.5 Å². The van der Waals surface area contributed by atoms with E-state index in [-0.39, 0.29) is 36.8 Å². The molecule has 2 rings (SSSR count). The molecule has 0 aromatic carbocycles. The van der Waals surface area contributed by atoms with Crippen molar-refractivity contribution >= 4 is 41.8 Å². The Bertz CT molecular complexity index is 642. The van der Waals surface area contributed by atoms with Crippen LogP contribution in [-0.2, 0) is 0 Å². The molecule has 0 aliphatic heterocycles. The summed E-state index contributed by atoms with van der Waals surface area (Å²) in [5.41, 5.74) is 2.17. The lowest BCUT2D eigenvalue weighted by Gasteiger charge is -2.10. The highest BCUT2D eigenvalue weighted by Crippen LogP contribution is 2.19. The fraction of sp³-hybridized carbons (Fsp3) is 0.533. The van der Waals surface area contributed by atoms with Crippen LogP contribution in [0.1, 0.15) is 42.9 Å². The Kier molecular flexibility index (Phi) is 9.12. The molecule has 1 amide bonds. The van der Waals surface area contributed by atoms with Crippen LogP contribution < -0.4 is 10.6 Å². The van der Waals surface area contributed by atoms with Gasteiger partial charge in [-0.25, -0.2) is 9.67 Å². The van der Waals surface area contributed by atoms with Crippen LogP contribution in [0, 0.1) is 6.92 Å². The number of carbonyl (C=O) groups is 1. The van der Waals surface area contributed by atoms with Gasteiger partial charge in [0.1, 0.15) is 0 Å². The minimum Gasteiger partial charge on any atom is -0.351 e. The van der Waals surface area contributed by atoms with Crippen molar-refractivity contribution in [1.82, 2.24) is 25.4 Å². The van der Waals surface area contributed by atoms with Gasteiger partial charge in [-0.3, -0.25) is 4.79 Å². The van der Waals surface area contributed by atoms with E-state index in [1.54, 1.807) is 6.20 Å². The molecule has 0 saturated heterocycles. The maximum absolute atomic E-state index is 12.2. The van der Waals surface area contributed by atoms with Crippen LogP contribution in [0.25, 0.3) is 11.0 Å². The Morgan fingerprint density at radius 2 is 2.00 bits per heavy atom. The minimum atomic E-state index is -0.0860. The topological polar surface area (TPSA) is 71.8 Å². The quantitative estimate of drug-likeness (QED) is 0.775. The van der Waals surface area contributed by atoms with Crippen molar-refractivity contribution in [1.29, 1.82) is 0 Å². The zero-order valence-corrected chi connectivity index (χ0v) is 15.6. The van der Waals surface area contributed by atoms with Crippen LogP contribution in [0.5, 0.6) is 0 Å². The van der Waals surface area contributed by atoms with Gasteiger partial charge in [0.2, 0.25) is 0 Å². The van der Waals surface area contributed by atoms with Gasteiger partial charge in [0.15, 0.2) is 5.65 Å². The van der Waals surface area contributed by atoms with Gasteiger partial charge in [0.05, 0.1) is 17.5 Å². The van der Waals surface area contributed by atoms with E-state index in [1.165, 1.54) is 0 Å². The van der Waals surface area contributed by atoms with Gasteiger partial charge in [-0.15, -0.1) is 24.8 Å². The molecule has 0 fully saturated rings. The zero-order valence-electron chi connectivity index (χ0n) is 13.9. The second kappa shape index (κ2) is 9.70. The van der Waals surface area contributed by atoms with E-state index < -0.39 is 0 Å². The molecular formula is C15H25Cl2N5O. The van der Waals surface area contributed by atoms with Crippen LogP contribution >= 0.6 is 24.8 Å². The molecule has 130 valence electrons. The number of halogens is 2. The number of amides is 1. The summed E-state index contributed by atoms with van der Waals surface area (Å²) in [5, 5.41) is 11.3. The highest BCUT2D eigenvalue weighted by Gasteiger charge is 2.14. The number of rotatable bonds is 6. The molecule has 2 aromatic rings. The summed E-state index contributed by atoms with van der Waals surface area (Å²) in [4.78, 5) is 16.8. The van der Waals surface area contributed by atoms with Crippen molar-refractivity contribution in [2.45, 2.75) is 33.7 Å². The van der Waals surface area contributed by atoms with Crippen LogP contribution in [0.3, 0.4) is 0 Å². The van der Waals surface area contributed by atoms with E-state index in [0.717, 1.165) is 29.8 Å². The molecule has 0 aliphatic rings. The summed E-state index contributed by atoms with van der Waals surface area (Å²) in [6, 6.07) is 2.11. The molecule has 2 heterocycles. The van der Waals surface area contributed by atoms with Crippen LogP contribution in [0.15, 0.2) is 12.3 Å². The molecule has 2 N–H and O–H groups in total. The zero-order chi connectivity index (χ0) is 15.4. The number of nitrogens with zero attached hydrogens (tertiary/aromatic N) is 3. The number of carbonyl (C=O) groups excluding carboxylic acids is 1. The monoisotopic (exact) mass is 361 g/mol. The summed E-state index contributed by atoms with van der Waals surface area (Å²) < 4.78 is 1.87. The number of fused-ring (bicyclic) bond motifs is 1. The first-order chi connectivity index (χ1) is 10.0. The van der Waals surface area contributed by atoms with Gasteiger partial charge in [0.25, 0.3) is 5.91 Å². The lowest BCUT2D eigenvalue weighted by molar-refractivity contribution is 0.0953. The Hall–Kier alpha value is -1.37. The van der Waals surface area contributed by atoms with E-state index in [1.807, 2.05) is 24.6 Å². The average Bonchev–Trinajstić information content (AvgIpc) is 2.85. The van der Waals surface area contributed by atoms with E-state index in [9.17, 15) is 4.79 Å². The molecule has 0 spiro atoms. The fourth-order valence-corrected chi connectivity index (χ4v) is 2.21. The van der Waals surface area contributed by atoms with Gasteiger partial charge in [-0.1, -0.05) is 6.92 Å². The maximum atomic E-state index is 12.2. The van der Waals surface area contributed by atoms with Crippen molar-refractivity contribution in [2.75, 3.05) is 19.6 Å². The van der Waals surface area contributed by atoms with Gasteiger partial charge < -0.3 is 10.6 Å². The van der Waals surface area contributed by atoms with E-state index in [2.05, 4.69) is 34.6 Å². The lowest BCUT2D eigenvalue weighted by atomic mass is 10.1. The first-order valence-corrected chi connectivity index (χ1v) is 7.38. The van der Waals surface area contributed by atoms with Crippen LogP contribution in [-0.4, -0.2) is 40.3 Å². The normalized spacial score (nSPS) is 10.3. The number of likely N-dealkylation sites (N-methyl/N-ethyl adjacent to an activating group) is 1. The Labute approximate surface area is 149 Å². The van der Waals surface area contributed by atoms with E-state index in [0.29, 0.717) is 12.1 Å². The highest BCUT2D eigenvalue weighted by atomic mass is 35.5. The maximum Gasteiger partial charge on any atom is 0.253 e. The Morgan fingerprint density at radius 3 is 2.61 bits per heavy atom. The summed E-state index contributed by atoms with van der Waals surface area (Å²) >= 11 is 0. The number of nitrogens with one attached hydrogen (secondary N) is 2. The van der Waals surface area contributed by atoms with Gasteiger partial charge in [-0.2, -0.15) is 5.10 Å². The summed E-state index contributed by atoms with van der Waals surface area (Å²) in [5.74, 6) is -0.0860. The molecular weight excluding hydrogens is 337 g/mol. The molecule has 8 heteroatoms. The molecule has 23 heavy (non-hydrogen) atoms. The van der Waals surface area contributed by atoms with E-state index >= 15 is 0 Å². The lowest BCUT2D eigenvalue weighted by Crippen LogP contribution is -2.32. The fourth-order valence-electron chi connectivity index (χ4n) is 2.21. The molecule has 0 bridgehead atoms. The highest BCUT2D eigenvalue weighted by molar-refractivity contribution is 5.98. The van der Waals surface area contributed by atoms with Gasteiger partial charge in [-0.05, 0) is 33.4 Å². The minimum absolute atomic E-state index is 0. The number of pyridine rings is 1. The summed E-state index contributed by atoms with van der Waals surface area (Å²) in [7, 11) is 0. The molecule has 0 saturated carbocycles. The Balaban J connectivity index is 0.00000242. The third-order valence-corrected chi connectivity index (χ3v) is 3.33. The smallest absolute Gasteiger partial charge is 0.253 e. The molecule has 0 unspecified atom stereocenters. The first-order valence-electron chi connectivity index (χ1n) is 7.38. The largest absolute Gasteiger partial charge is 0.351 e. The van der Waals surface area contributed by atoms with Crippen molar-refractivity contribution in [3.8, 4) is 0 Å². The molecule has 0 atom stereocenters. The number of hydrogen-bond acceptors (Lipinski definition) is 4. The number of hydrogen-bond donors (Lipinski definition) is 2. The first kappa shape index (κ1) is 21.6. The SMILES string of the molecule is CCNCCNC(=O)c1cc2cnn(C(C)C)c2nc1C.Cl.Cl. The molecule has 6 nitrogen and oxygen atoms in total. The van der Waals surface area contributed by atoms with Crippen LogP contribution in [0.2, 0.25) is 0 Å². The predicted octanol–water partition coefficient (Wildman–Crippen LogP) is 2.50. The third kappa shape index (κ3) is 5.06. The molecule has 0 aliphatic carbocycles. The van der Waals surface area contributed by atoms with Gasteiger partial charge in [0, 0.05) is 24.5 Å². The second-order valence-corrected chi connectivity index (χ2v) is 5.33. The third-order valence-electron chi connectivity index (χ3n) is 3.33.